The molecule has 0 spiro atoms. The lowest BCUT2D eigenvalue weighted by molar-refractivity contribution is -0.157. The molecule has 0 saturated carbocycles. The molecule has 11 heteroatoms. The molecule has 2 aromatic heterocycles. The van der Waals surface area contributed by atoms with Crippen LogP contribution in [0, 0.1) is 0 Å². The molecule has 0 fully saturated rings. The first-order chi connectivity index (χ1) is 12.1. The van der Waals surface area contributed by atoms with Crippen molar-refractivity contribution in [3.8, 4) is 23.2 Å². The number of aromatic nitrogens is 3. The number of pyridine rings is 1. The van der Waals surface area contributed by atoms with Crippen molar-refractivity contribution in [1.29, 1.82) is 0 Å². The molecule has 0 N–H and O–H groups in total. The van der Waals surface area contributed by atoms with Gasteiger partial charge < -0.3 is 9.15 Å². The second-order valence-corrected chi connectivity index (χ2v) is 4.90. The van der Waals surface area contributed by atoms with Gasteiger partial charge in [-0.1, -0.05) is 12.1 Å². The lowest BCUT2D eigenvalue weighted by Crippen LogP contribution is -2.04. The molecule has 26 heavy (non-hydrogen) atoms. The van der Waals surface area contributed by atoms with Gasteiger partial charge in [0.25, 0.3) is 5.89 Å². The van der Waals surface area contributed by atoms with Crippen molar-refractivity contribution in [1.82, 2.24) is 15.2 Å². The SMILES string of the molecule is FC(F)(F)c1cccc(Oc2cccc(-c3nnc(C(F)(F)F)o3)n2)c1. The molecular weight excluding hydrogens is 368 g/mol. The maximum absolute atomic E-state index is 12.7. The Morgan fingerprint density at radius 1 is 0.846 bits per heavy atom. The van der Waals surface area contributed by atoms with Crippen LogP contribution in [0.3, 0.4) is 0 Å². The summed E-state index contributed by atoms with van der Waals surface area (Å²) in [7, 11) is 0. The minimum absolute atomic E-state index is 0.127. The monoisotopic (exact) mass is 375 g/mol. The van der Waals surface area contributed by atoms with Crippen LogP contribution < -0.4 is 4.74 Å². The second kappa shape index (κ2) is 6.32. The van der Waals surface area contributed by atoms with E-state index in [4.69, 9.17) is 4.74 Å². The first kappa shape index (κ1) is 17.7. The number of hydrogen-bond acceptors (Lipinski definition) is 5. The van der Waals surface area contributed by atoms with Crippen LogP contribution in [0.25, 0.3) is 11.6 Å². The molecule has 0 radical (unpaired) electrons. The molecule has 3 rings (SSSR count). The van der Waals surface area contributed by atoms with Crippen molar-refractivity contribution in [2.45, 2.75) is 12.4 Å². The van der Waals surface area contributed by atoms with Crippen LogP contribution in [-0.2, 0) is 12.4 Å². The first-order valence-electron chi connectivity index (χ1n) is 6.86. The molecule has 3 aromatic rings. The fraction of sp³-hybridized carbons (Fsp3) is 0.133. The molecule has 0 saturated heterocycles. The van der Waals surface area contributed by atoms with Gasteiger partial charge >= 0.3 is 18.2 Å². The van der Waals surface area contributed by atoms with Gasteiger partial charge in [0, 0.05) is 6.07 Å². The van der Waals surface area contributed by atoms with E-state index in [9.17, 15) is 26.3 Å². The van der Waals surface area contributed by atoms with Gasteiger partial charge in [0.1, 0.15) is 11.4 Å². The number of halogens is 6. The largest absolute Gasteiger partial charge is 0.470 e. The summed E-state index contributed by atoms with van der Waals surface area (Å²) in [5.41, 5.74) is -1.05. The van der Waals surface area contributed by atoms with Crippen molar-refractivity contribution in [2.75, 3.05) is 0 Å². The number of nitrogens with zero attached hydrogens (tertiary/aromatic N) is 3. The molecule has 0 bridgehead atoms. The quantitative estimate of drug-likeness (QED) is 0.606. The van der Waals surface area contributed by atoms with E-state index in [0.717, 1.165) is 18.2 Å². The van der Waals surface area contributed by atoms with E-state index in [1.165, 1.54) is 24.3 Å². The lowest BCUT2D eigenvalue weighted by Gasteiger charge is -2.09. The zero-order valence-electron chi connectivity index (χ0n) is 12.5. The Morgan fingerprint density at radius 2 is 1.58 bits per heavy atom. The van der Waals surface area contributed by atoms with Crippen LogP contribution in [0.1, 0.15) is 11.5 Å². The van der Waals surface area contributed by atoms with Crippen LogP contribution in [-0.4, -0.2) is 15.2 Å². The van der Waals surface area contributed by atoms with Crippen molar-refractivity contribution >= 4 is 0 Å². The maximum Gasteiger partial charge on any atom is 0.470 e. The first-order valence-corrected chi connectivity index (χ1v) is 6.86. The molecule has 5 nitrogen and oxygen atoms in total. The molecule has 0 amide bonds. The van der Waals surface area contributed by atoms with Gasteiger partial charge in [0.05, 0.1) is 5.56 Å². The highest BCUT2D eigenvalue weighted by molar-refractivity contribution is 5.47. The van der Waals surface area contributed by atoms with Gasteiger partial charge in [-0.15, -0.1) is 10.2 Å². The summed E-state index contributed by atoms with van der Waals surface area (Å²) in [6.45, 7) is 0. The van der Waals surface area contributed by atoms with Gasteiger partial charge in [-0.05, 0) is 24.3 Å². The van der Waals surface area contributed by atoms with Crippen LogP contribution >= 0.6 is 0 Å². The molecular formula is C15H7F6N3O2. The molecule has 0 unspecified atom stereocenters. The highest BCUT2D eigenvalue weighted by atomic mass is 19.4. The third-order valence-electron chi connectivity index (χ3n) is 2.99. The van der Waals surface area contributed by atoms with Crippen LogP contribution in [0.15, 0.2) is 46.9 Å². The number of benzene rings is 1. The zero-order chi connectivity index (χ0) is 18.9. The summed E-state index contributed by atoms with van der Waals surface area (Å²) in [5, 5.41) is 6.11. The summed E-state index contributed by atoms with van der Waals surface area (Å²) in [5.74, 6) is -2.36. The highest BCUT2D eigenvalue weighted by Gasteiger charge is 2.38. The summed E-state index contributed by atoms with van der Waals surface area (Å²) in [6, 6.07) is 8.02. The van der Waals surface area contributed by atoms with E-state index in [1.807, 2.05) is 0 Å². The van der Waals surface area contributed by atoms with E-state index in [-0.39, 0.29) is 17.3 Å². The molecule has 0 aliphatic heterocycles. The average molecular weight is 375 g/mol. The fourth-order valence-electron chi connectivity index (χ4n) is 1.89. The van der Waals surface area contributed by atoms with Gasteiger partial charge in [0.2, 0.25) is 5.88 Å². The van der Waals surface area contributed by atoms with Gasteiger partial charge in [-0.3, -0.25) is 0 Å². The van der Waals surface area contributed by atoms with Gasteiger partial charge in [-0.2, -0.15) is 26.3 Å². The van der Waals surface area contributed by atoms with Crippen LogP contribution in [0.5, 0.6) is 11.6 Å². The third kappa shape index (κ3) is 3.92. The number of hydrogen-bond donors (Lipinski definition) is 0. The smallest absolute Gasteiger partial charge is 0.439 e. The maximum atomic E-state index is 12.7. The Balaban J connectivity index is 1.85. The molecule has 1 aromatic carbocycles. The van der Waals surface area contributed by atoms with Crippen molar-refractivity contribution in [3.63, 3.8) is 0 Å². The predicted molar refractivity (Wildman–Crippen MR) is 74.0 cm³/mol. The Hall–Kier alpha value is -3.11. The Kier molecular flexibility index (Phi) is 4.30. The van der Waals surface area contributed by atoms with E-state index in [0.29, 0.717) is 0 Å². The predicted octanol–water partition coefficient (Wildman–Crippen LogP) is 4.96. The Morgan fingerprint density at radius 3 is 2.23 bits per heavy atom. The Labute approximate surface area is 141 Å². The molecule has 0 atom stereocenters. The minimum atomic E-state index is -4.81. The molecule has 0 aliphatic carbocycles. The summed E-state index contributed by atoms with van der Waals surface area (Å²) in [4.78, 5) is 3.86. The van der Waals surface area contributed by atoms with Crippen LogP contribution in [0.2, 0.25) is 0 Å². The van der Waals surface area contributed by atoms with Crippen molar-refractivity contribution in [2.24, 2.45) is 0 Å². The number of alkyl halides is 6. The van der Waals surface area contributed by atoms with Crippen LogP contribution in [0.4, 0.5) is 26.3 Å². The molecule has 2 heterocycles. The van der Waals surface area contributed by atoms with E-state index < -0.39 is 29.7 Å². The lowest BCUT2D eigenvalue weighted by atomic mass is 10.2. The van der Waals surface area contributed by atoms with E-state index in [2.05, 4.69) is 19.6 Å². The summed E-state index contributed by atoms with van der Waals surface area (Å²) < 4.78 is 85.3. The molecule has 0 aliphatic rings. The number of ether oxygens (including phenoxy) is 1. The third-order valence-corrected chi connectivity index (χ3v) is 2.99. The topological polar surface area (TPSA) is 61.0 Å². The molecule has 136 valence electrons. The van der Waals surface area contributed by atoms with E-state index >= 15 is 0 Å². The van der Waals surface area contributed by atoms with Crippen molar-refractivity contribution < 1.29 is 35.5 Å². The standard InChI is InChI=1S/C15H7F6N3O2/c16-14(17,18)8-3-1-4-9(7-8)25-11-6-2-5-10(22-11)12-23-24-13(26-12)15(19,20)21/h1-7H. The summed E-state index contributed by atoms with van der Waals surface area (Å²) >= 11 is 0. The number of rotatable bonds is 3. The normalized spacial score (nSPS) is 12.2. The average Bonchev–Trinajstić information content (AvgIpc) is 3.05. The summed E-state index contributed by atoms with van der Waals surface area (Å²) in [6.07, 6.45) is -9.36. The van der Waals surface area contributed by atoms with Gasteiger partial charge in [-0.25, -0.2) is 4.98 Å². The van der Waals surface area contributed by atoms with Gasteiger partial charge in [0.15, 0.2) is 0 Å². The second-order valence-electron chi connectivity index (χ2n) is 4.90. The Bertz CT molecular complexity index is 920. The van der Waals surface area contributed by atoms with E-state index in [1.54, 1.807) is 0 Å². The highest BCUT2D eigenvalue weighted by Crippen LogP contribution is 2.33. The minimum Gasteiger partial charge on any atom is -0.439 e. The van der Waals surface area contributed by atoms with Crippen molar-refractivity contribution in [3.05, 3.63) is 53.9 Å². The fourth-order valence-corrected chi connectivity index (χ4v) is 1.89. The zero-order valence-corrected chi connectivity index (χ0v) is 12.5.